The van der Waals surface area contributed by atoms with Crippen LogP contribution in [0.25, 0.3) is 33.4 Å². The molecule has 5 N–H and O–H groups in total. The van der Waals surface area contributed by atoms with Crippen LogP contribution in [0.1, 0.15) is 24.5 Å². The molecule has 3 aromatic heterocycles. The van der Waals surface area contributed by atoms with Crippen molar-refractivity contribution < 1.29 is 13.9 Å². The van der Waals surface area contributed by atoms with Gasteiger partial charge in [0.15, 0.2) is 11.2 Å². The van der Waals surface area contributed by atoms with E-state index in [1.165, 1.54) is 6.33 Å². The number of nitrogens with two attached hydrogens (primary N) is 2. The molecule has 36 heavy (non-hydrogen) atoms. The van der Waals surface area contributed by atoms with Crippen LogP contribution >= 0.6 is 0 Å². The monoisotopic (exact) mass is 486 g/mol. The summed E-state index contributed by atoms with van der Waals surface area (Å²) < 4.78 is 12.4. The van der Waals surface area contributed by atoms with Gasteiger partial charge >= 0.3 is 0 Å². The SMILES string of the molecule is CCOCCC(=O)NCc1ccc(Cn2nc(-c3ccc4oc(N)nc4c3)c3c(N)ncnc32)cc1. The number of hydrogen-bond donors (Lipinski definition) is 3. The molecule has 3 heterocycles. The fourth-order valence-electron chi connectivity index (χ4n) is 3.97. The molecule has 0 unspecified atom stereocenters. The minimum Gasteiger partial charge on any atom is -0.424 e. The number of amides is 1. The highest BCUT2D eigenvalue weighted by atomic mass is 16.5. The van der Waals surface area contributed by atoms with Crippen molar-refractivity contribution in [3.63, 3.8) is 0 Å². The van der Waals surface area contributed by atoms with E-state index in [0.29, 0.717) is 66.4 Å². The molecule has 5 rings (SSSR count). The van der Waals surface area contributed by atoms with E-state index in [1.807, 2.05) is 43.3 Å². The Labute approximate surface area is 206 Å². The number of carbonyl (C=O) groups is 1. The third kappa shape index (κ3) is 4.82. The van der Waals surface area contributed by atoms with Gasteiger partial charge < -0.3 is 25.9 Å². The Kier molecular flexibility index (Phi) is 6.46. The first-order valence-electron chi connectivity index (χ1n) is 11.6. The molecular formula is C25H26N8O3. The number of rotatable bonds is 9. The van der Waals surface area contributed by atoms with Crippen LogP contribution < -0.4 is 16.8 Å². The molecule has 0 fully saturated rings. The number of nitrogens with one attached hydrogen (secondary N) is 1. The molecule has 184 valence electrons. The van der Waals surface area contributed by atoms with Crippen molar-refractivity contribution in [3.05, 3.63) is 59.9 Å². The van der Waals surface area contributed by atoms with Crippen LogP contribution in [0.2, 0.25) is 0 Å². The van der Waals surface area contributed by atoms with Crippen LogP contribution in [-0.4, -0.2) is 43.9 Å². The van der Waals surface area contributed by atoms with Crippen molar-refractivity contribution >= 4 is 39.9 Å². The van der Waals surface area contributed by atoms with E-state index >= 15 is 0 Å². The molecule has 0 saturated heterocycles. The molecule has 0 spiro atoms. The molecule has 11 nitrogen and oxygen atoms in total. The molecule has 11 heteroatoms. The summed E-state index contributed by atoms with van der Waals surface area (Å²) in [6.07, 6.45) is 1.78. The summed E-state index contributed by atoms with van der Waals surface area (Å²) in [6.45, 7) is 3.87. The predicted octanol–water partition coefficient (Wildman–Crippen LogP) is 2.89. The van der Waals surface area contributed by atoms with E-state index < -0.39 is 0 Å². The number of nitrogen functional groups attached to an aromatic ring is 2. The Morgan fingerprint density at radius 1 is 1.11 bits per heavy atom. The second-order valence-corrected chi connectivity index (χ2v) is 8.24. The van der Waals surface area contributed by atoms with E-state index in [9.17, 15) is 4.79 Å². The molecule has 5 aromatic rings. The Morgan fingerprint density at radius 3 is 2.72 bits per heavy atom. The molecule has 0 saturated carbocycles. The van der Waals surface area contributed by atoms with Crippen molar-refractivity contribution in [1.82, 2.24) is 30.0 Å². The first-order chi connectivity index (χ1) is 17.5. The van der Waals surface area contributed by atoms with E-state index in [1.54, 1.807) is 10.7 Å². The lowest BCUT2D eigenvalue weighted by molar-refractivity contribution is -0.122. The summed E-state index contributed by atoms with van der Waals surface area (Å²) in [6, 6.07) is 13.6. The van der Waals surface area contributed by atoms with Gasteiger partial charge in [0.1, 0.15) is 23.4 Å². The predicted molar refractivity (Wildman–Crippen MR) is 136 cm³/mol. The summed E-state index contributed by atoms with van der Waals surface area (Å²) >= 11 is 0. The van der Waals surface area contributed by atoms with Gasteiger partial charge in [-0.1, -0.05) is 24.3 Å². The molecule has 0 atom stereocenters. The number of fused-ring (bicyclic) bond motifs is 2. The van der Waals surface area contributed by atoms with Crippen LogP contribution in [0.4, 0.5) is 11.8 Å². The summed E-state index contributed by atoms with van der Waals surface area (Å²) in [5.41, 5.74) is 17.2. The Bertz CT molecular complexity index is 1520. The zero-order valence-corrected chi connectivity index (χ0v) is 19.8. The molecule has 2 aromatic carbocycles. The van der Waals surface area contributed by atoms with Crippen molar-refractivity contribution in [2.45, 2.75) is 26.4 Å². The summed E-state index contributed by atoms with van der Waals surface area (Å²) in [5, 5.41) is 8.39. The second-order valence-electron chi connectivity index (χ2n) is 8.24. The van der Waals surface area contributed by atoms with Gasteiger partial charge in [0, 0.05) is 25.1 Å². The summed E-state index contributed by atoms with van der Waals surface area (Å²) in [5.74, 6) is 0.309. The average molecular weight is 487 g/mol. The van der Waals surface area contributed by atoms with Crippen LogP contribution in [-0.2, 0) is 22.6 Å². The normalized spacial score (nSPS) is 11.4. The van der Waals surface area contributed by atoms with Crippen molar-refractivity contribution in [3.8, 4) is 11.3 Å². The number of hydrogen-bond acceptors (Lipinski definition) is 9. The molecule has 0 radical (unpaired) electrons. The van der Waals surface area contributed by atoms with Gasteiger partial charge in [-0.25, -0.2) is 14.6 Å². The fourth-order valence-corrected chi connectivity index (χ4v) is 3.97. The van der Waals surface area contributed by atoms with Gasteiger partial charge in [-0.05, 0) is 36.2 Å². The Hall–Kier alpha value is -4.51. The second kappa shape index (κ2) is 10.0. The van der Waals surface area contributed by atoms with Crippen LogP contribution in [0, 0.1) is 0 Å². The Balaban J connectivity index is 1.37. The summed E-state index contributed by atoms with van der Waals surface area (Å²) in [4.78, 5) is 24.7. The standard InChI is InChI=1S/C25H26N8O3/c1-2-35-10-9-20(34)28-12-15-3-5-16(6-4-15)13-33-24-21(23(26)29-14-30-24)22(32-33)17-7-8-19-18(11-17)31-25(27)36-19/h3-8,11,14H,2,9-10,12-13H2,1H3,(H2,27,31)(H,28,34)(H2,26,29,30). The highest BCUT2D eigenvalue weighted by Gasteiger charge is 2.18. The highest BCUT2D eigenvalue weighted by Crippen LogP contribution is 2.32. The number of nitrogens with zero attached hydrogens (tertiary/aromatic N) is 5. The lowest BCUT2D eigenvalue weighted by atomic mass is 10.1. The molecule has 1 amide bonds. The smallest absolute Gasteiger partial charge is 0.292 e. The van der Waals surface area contributed by atoms with Crippen molar-refractivity contribution in [2.75, 3.05) is 24.7 Å². The van der Waals surface area contributed by atoms with Gasteiger partial charge in [-0.15, -0.1) is 0 Å². The van der Waals surface area contributed by atoms with Gasteiger partial charge in [-0.3, -0.25) is 4.79 Å². The number of carbonyl (C=O) groups excluding carboxylic acids is 1. The summed E-state index contributed by atoms with van der Waals surface area (Å²) in [7, 11) is 0. The van der Waals surface area contributed by atoms with Crippen molar-refractivity contribution in [1.29, 1.82) is 0 Å². The molecule has 0 aliphatic carbocycles. The quantitative estimate of drug-likeness (QED) is 0.266. The van der Waals surface area contributed by atoms with Crippen LogP contribution in [0.3, 0.4) is 0 Å². The maximum Gasteiger partial charge on any atom is 0.292 e. The van der Waals surface area contributed by atoms with Crippen LogP contribution in [0.15, 0.2) is 53.2 Å². The van der Waals surface area contributed by atoms with Gasteiger partial charge in [0.05, 0.1) is 18.5 Å². The number of anilines is 2. The minimum atomic E-state index is -0.0353. The molecule has 0 aliphatic heterocycles. The van der Waals surface area contributed by atoms with E-state index in [-0.39, 0.29) is 11.9 Å². The zero-order chi connectivity index (χ0) is 25.1. The maximum absolute atomic E-state index is 11.9. The third-order valence-corrected chi connectivity index (χ3v) is 5.76. The zero-order valence-electron chi connectivity index (χ0n) is 19.8. The first-order valence-corrected chi connectivity index (χ1v) is 11.6. The molecule has 0 bridgehead atoms. The number of benzene rings is 2. The topological polar surface area (TPSA) is 160 Å². The average Bonchev–Trinajstić information content (AvgIpc) is 3.43. The number of oxazole rings is 1. The van der Waals surface area contributed by atoms with Gasteiger partial charge in [0.2, 0.25) is 5.91 Å². The van der Waals surface area contributed by atoms with E-state index in [2.05, 4.69) is 20.3 Å². The number of ether oxygens (including phenoxy) is 1. The number of aromatic nitrogens is 5. The Morgan fingerprint density at radius 2 is 1.92 bits per heavy atom. The minimum absolute atomic E-state index is 0.0353. The van der Waals surface area contributed by atoms with Crippen molar-refractivity contribution in [2.24, 2.45) is 0 Å². The largest absolute Gasteiger partial charge is 0.424 e. The van der Waals surface area contributed by atoms with Gasteiger partial charge in [0.25, 0.3) is 6.01 Å². The van der Waals surface area contributed by atoms with Crippen LogP contribution in [0.5, 0.6) is 0 Å². The van der Waals surface area contributed by atoms with E-state index in [0.717, 1.165) is 16.7 Å². The third-order valence-electron chi connectivity index (χ3n) is 5.76. The molecule has 0 aliphatic rings. The fraction of sp³-hybridized carbons (Fsp3) is 0.240. The molecular weight excluding hydrogens is 460 g/mol. The first kappa shape index (κ1) is 23.2. The highest BCUT2D eigenvalue weighted by molar-refractivity contribution is 5.99. The lowest BCUT2D eigenvalue weighted by Gasteiger charge is -2.07. The van der Waals surface area contributed by atoms with Gasteiger partial charge in [-0.2, -0.15) is 10.1 Å². The van der Waals surface area contributed by atoms with E-state index in [4.69, 9.17) is 25.7 Å². The maximum atomic E-state index is 11.9. The lowest BCUT2D eigenvalue weighted by Crippen LogP contribution is -2.23.